The first-order valence-electron chi connectivity index (χ1n) is 12.4. The molecule has 0 radical (unpaired) electrons. The van der Waals surface area contributed by atoms with Gasteiger partial charge in [0.1, 0.15) is 11.6 Å². The van der Waals surface area contributed by atoms with Gasteiger partial charge >= 0.3 is 0 Å². The first kappa shape index (κ1) is 21.1. The van der Waals surface area contributed by atoms with Crippen LogP contribution in [0, 0.1) is 5.92 Å². The van der Waals surface area contributed by atoms with Gasteiger partial charge in [-0.3, -0.25) is 4.98 Å². The Morgan fingerprint density at radius 1 is 0.912 bits per heavy atom. The number of fused-ring (bicyclic) bond motifs is 1. The summed E-state index contributed by atoms with van der Waals surface area (Å²) >= 11 is 0. The minimum Gasteiger partial charge on any atom is -0.370 e. The number of pyridine rings is 1. The topological polar surface area (TPSA) is 79.2 Å². The van der Waals surface area contributed by atoms with Crippen LogP contribution < -0.4 is 16.0 Å². The highest BCUT2D eigenvalue weighted by molar-refractivity contribution is 5.63. The predicted molar refractivity (Wildman–Crippen MR) is 136 cm³/mol. The van der Waals surface area contributed by atoms with Crippen LogP contribution in [0.1, 0.15) is 42.9 Å². The summed E-state index contributed by atoms with van der Waals surface area (Å²) in [6, 6.07) is 16.6. The molecule has 0 amide bonds. The van der Waals surface area contributed by atoms with Gasteiger partial charge in [-0.15, -0.1) is 0 Å². The second-order valence-electron chi connectivity index (χ2n) is 9.47. The Morgan fingerprint density at radius 2 is 1.76 bits per heavy atom. The number of hydrogen-bond acceptors (Lipinski definition) is 6. The highest BCUT2D eigenvalue weighted by Crippen LogP contribution is 2.42. The fraction of sp³-hybridized carbons (Fsp3) is 0.370. The van der Waals surface area contributed by atoms with E-state index in [0.29, 0.717) is 18.4 Å². The first-order valence-corrected chi connectivity index (χ1v) is 12.4. The van der Waals surface area contributed by atoms with E-state index in [-0.39, 0.29) is 0 Å². The van der Waals surface area contributed by atoms with E-state index >= 15 is 0 Å². The van der Waals surface area contributed by atoms with Gasteiger partial charge in [-0.1, -0.05) is 36.4 Å². The second kappa shape index (κ2) is 9.43. The van der Waals surface area contributed by atoms with Crippen molar-refractivity contribution >= 4 is 17.3 Å². The van der Waals surface area contributed by atoms with Crippen LogP contribution in [0.3, 0.4) is 0 Å². The van der Waals surface area contributed by atoms with Gasteiger partial charge in [0.25, 0.3) is 0 Å². The van der Waals surface area contributed by atoms with E-state index in [1.54, 1.807) is 0 Å². The Kier molecular flexibility index (Phi) is 5.85. The van der Waals surface area contributed by atoms with Crippen LogP contribution in [0.2, 0.25) is 0 Å². The van der Waals surface area contributed by atoms with Crippen LogP contribution in [-0.4, -0.2) is 39.2 Å². The van der Waals surface area contributed by atoms with Crippen molar-refractivity contribution in [1.29, 1.82) is 0 Å². The number of benzene rings is 1. The number of rotatable bonds is 8. The molecule has 6 rings (SSSR count). The molecule has 2 fully saturated rings. The van der Waals surface area contributed by atoms with Gasteiger partial charge in [0, 0.05) is 29.9 Å². The summed E-state index contributed by atoms with van der Waals surface area (Å²) in [6.07, 6.45) is 8.83. The lowest BCUT2D eigenvalue weighted by Crippen LogP contribution is -2.31. The molecule has 34 heavy (non-hydrogen) atoms. The van der Waals surface area contributed by atoms with Crippen molar-refractivity contribution in [1.82, 2.24) is 24.9 Å². The SMILES string of the molecule is c1ccc(-c2ccc(CNc3cc(NCC4CCNCC4)nc4c(C5CC5)cnn34)nc2)cc1. The van der Waals surface area contributed by atoms with E-state index in [0.717, 1.165) is 48.2 Å². The lowest BCUT2D eigenvalue weighted by Gasteiger charge is -2.23. The monoisotopic (exact) mass is 453 g/mol. The Bertz CT molecular complexity index is 1240. The van der Waals surface area contributed by atoms with Crippen molar-refractivity contribution in [2.45, 2.75) is 38.1 Å². The fourth-order valence-electron chi connectivity index (χ4n) is 4.72. The lowest BCUT2D eigenvalue weighted by atomic mass is 9.98. The van der Waals surface area contributed by atoms with Gasteiger partial charge in [0.2, 0.25) is 0 Å². The maximum absolute atomic E-state index is 4.96. The van der Waals surface area contributed by atoms with Crippen LogP contribution >= 0.6 is 0 Å². The van der Waals surface area contributed by atoms with Gasteiger partial charge in [0.15, 0.2) is 5.65 Å². The van der Waals surface area contributed by atoms with E-state index in [2.05, 4.69) is 68.5 Å². The Morgan fingerprint density at radius 3 is 2.53 bits per heavy atom. The molecule has 1 saturated carbocycles. The van der Waals surface area contributed by atoms with Crippen LogP contribution in [0.4, 0.5) is 11.6 Å². The average molecular weight is 454 g/mol. The fourth-order valence-corrected chi connectivity index (χ4v) is 4.72. The normalized spacial score (nSPS) is 16.6. The van der Waals surface area contributed by atoms with E-state index in [1.807, 2.05) is 23.0 Å². The molecule has 1 aromatic carbocycles. The van der Waals surface area contributed by atoms with Crippen molar-refractivity contribution in [2.24, 2.45) is 5.92 Å². The van der Waals surface area contributed by atoms with Gasteiger partial charge in [0.05, 0.1) is 18.4 Å². The number of piperidine rings is 1. The standard InChI is InChI=1S/C27H31N7/c1-2-4-20(5-3-1)22-8-9-23(29-16-22)17-31-26-14-25(30-15-19-10-12-28-13-11-19)33-27-24(21-6-7-21)18-32-34(26)27/h1-5,8-9,14,16,18-19,21,28,31H,6-7,10-13,15,17H2,(H,30,33). The van der Waals surface area contributed by atoms with Crippen LogP contribution in [0.15, 0.2) is 60.9 Å². The van der Waals surface area contributed by atoms with E-state index in [9.17, 15) is 0 Å². The zero-order valence-electron chi connectivity index (χ0n) is 19.4. The predicted octanol–water partition coefficient (Wildman–Crippen LogP) is 4.69. The second-order valence-corrected chi connectivity index (χ2v) is 9.47. The highest BCUT2D eigenvalue weighted by Gasteiger charge is 2.28. The first-order chi connectivity index (χ1) is 16.8. The molecular formula is C27H31N7. The summed E-state index contributed by atoms with van der Waals surface area (Å²) in [4.78, 5) is 9.64. The summed E-state index contributed by atoms with van der Waals surface area (Å²) in [6.45, 7) is 3.80. The minimum atomic E-state index is 0.602. The maximum Gasteiger partial charge on any atom is 0.163 e. The molecule has 7 heteroatoms. The van der Waals surface area contributed by atoms with Crippen molar-refractivity contribution in [3.63, 3.8) is 0 Å². The summed E-state index contributed by atoms with van der Waals surface area (Å²) in [5.41, 5.74) is 5.52. The molecule has 174 valence electrons. The molecule has 0 atom stereocenters. The molecule has 3 N–H and O–H groups in total. The zero-order chi connectivity index (χ0) is 22.7. The molecule has 0 bridgehead atoms. The van der Waals surface area contributed by atoms with Crippen LogP contribution in [0.25, 0.3) is 16.8 Å². The Labute approximate surface area is 200 Å². The lowest BCUT2D eigenvalue weighted by molar-refractivity contribution is 0.389. The number of nitrogens with zero attached hydrogens (tertiary/aromatic N) is 4. The highest BCUT2D eigenvalue weighted by atomic mass is 15.3. The molecule has 3 aromatic heterocycles. The summed E-state index contributed by atoms with van der Waals surface area (Å²) in [5.74, 6) is 3.16. The molecule has 7 nitrogen and oxygen atoms in total. The van der Waals surface area contributed by atoms with E-state index in [1.165, 1.54) is 36.8 Å². The number of nitrogens with one attached hydrogen (secondary N) is 3. The van der Waals surface area contributed by atoms with Crippen molar-refractivity contribution < 1.29 is 0 Å². The maximum atomic E-state index is 4.96. The van der Waals surface area contributed by atoms with Gasteiger partial charge in [-0.2, -0.15) is 9.61 Å². The third-order valence-corrected chi connectivity index (χ3v) is 6.93. The average Bonchev–Trinajstić information content (AvgIpc) is 3.66. The Hall–Kier alpha value is -3.45. The molecule has 0 unspecified atom stereocenters. The van der Waals surface area contributed by atoms with Gasteiger partial charge < -0.3 is 16.0 Å². The van der Waals surface area contributed by atoms with Crippen molar-refractivity contribution in [3.05, 3.63) is 72.2 Å². The number of hydrogen-bond donors (Lipinski definition) is 3. The summed E-state index contributed by atoms with van der Waals surface area (Å²) in [5, 5.41) is 15.3. The molecule has 0 spiro atoms. The van der Waals surface area contributed by atoms with Crippen LogP contribution in [-0.2, 0) is 6.54 Å². The van der Waals surface area contributed by atoms with Crippen molar-refractivity contribution in [3.8, 4) is 11.1 Å². The molecule has 1 saturated heterocycles. The molecular weight excluding hydrogens is 422 g/mol. The zero-order valence-corrected chi connectivity index (χ0v) is 19.4. The third-order valence-electron chi connectivity index (χ3n) is 6.93. The molecule has 2 aliphatic rings. The minimum absolute atomic E-state index is 0.602. The summed E-state index contributed by atoms with van der Waals surface area (Å²) in [7, 11) is 0. The summed E-state index contributed by atoms with van der Waals surface area (Å²) < 4.78 is 1.95. The molecule has 1 aliphatic carbocycles. The largest absolute Gasteiger partial charge is 0.370 e. The Balaban J connectivity index is 1.21. The quantitative estimate of drug-likeness (QED) is 0.359. The smallest absolute Gasteiger partial charge is 0.163 e. The van der Waals surface area contributed by atoms with Gasteiger partial charge in [-0.25, -0.2) is 4.98 Å². The number of anilines is 2. The van der Waals surface area contributed by atoms with E-state index in [4.69, 9.17) is 4.98 Å². The van der Waals surface area contributed by atoms with E-state index < -0.39 is 0 Å². The third kappa shape index (κ3) is 4.61. The van der Waals surface area contributed by atoms with Gasteiger partial charge in [-0.05, 0) is 62.2 Å². The molecule has 4 heterocycles. The van der Waals surface area contributed by atoms with Crippen LogP contribution in [0.5, 0.6) is 0 Å². The van der Waals surface area contributed by atoms with Crippen molar-refractivity contribution in [2.75, 3.05) is 30.3 Å². The molecule has 4 aromatic rings. The number of aromatic nitrogens is 4. The molecule has 1 aliphatic heterocycles.